The molecule has 0 atom stereocenters. The standard InChI is InChI=1S/C16H17N5O2/c1-10(2)21-13(8-9-17-21)14(22)18-16-20-19-15(23-16)12-6-4-11(3)5-7-12/h4-10H,1-3H3,(H,18,20,22). The van der Waals surface area contributed by atoms with Crippen LogP contribution in [0.4, 0.5) is 6.01 Å². The molecule has 0 saturated carbocycles. The number of amides is 1. The number of hydrogen-bond acceptors (Lipinski definition) is 5. The van der Waals surface area contributed by atoms with Crippen LogP contribution in [0.25, 0.3) is 11.5 Å². The fourth-order valence-electron chi connectivity index (χ4n) is 2.15. The van der Waals surface area contributed by atoms with Gasteiger partial charge >= 0.3 is 6.01 Å². The summed E-state index contributed by atoms with van der Waals surface area (Å²) >= 11 is 0. The van der Waals surface area contributed by atoms with Crippen LogP contribution >= 0.6 is 0 Å². The normalized spacial score (nSPS) is 11.0. The molecule has 118 valence electrons. The van der Waals surface area contributed by atoms with Crippen molar-refractivity contribution in [1.29, 1.82) is 0 Å². The summed E-state index contributed by atoms with van der Waals surface area (Å²) in [4.78, 5) is 12.3. The molecule has 7 nitrogen and oxygen atoms in total. The second-order valence-electron chi connectivity index (χ2n) is 5.49. The van der Waals surface area contributed by atoms with E-state index in [-0.39, 0.29) is 18.0 Å². The SMILES string of the molecule is Cc1ccc(-c2nnc(NC(=O)c3ccnn3C(C)C)o2)cc1. The molecule has 2 heterocycles. The van der Waals surface area contributed by atoms with Gasteiger partial charge in [-0.3, -0.25) is 14.8 Å². The van der Waals surface area contributed by atoms with Crippen LogP contribution in [0.5, 0.6) is 0 Å². The summed E-state index contributed by atoms with van der Waals surface area (Å²) in [5, 5.41) is 14.5. The average molecular weight is 311 g/mol. The molecule has 3 aromatic rings. The summed E-state index contributed by atoms with van der Waals surface area (Å²) in [6.45, 7) is 5.90. The van der Waals surface area contributed by atoms with Gasteiger partial charge in [0.25, 0.3) is 5.91 Å². The molecule has 1 aromatic carbocycles. The number of aromatic nitrogens is 4. The fraction of sp³-hybridized carbons (Fsp3) is 0.250. The van der Waals surface area contributed by atoms with Crippen LogP contribution in [-0.2, 0) is 0 Å². The molecule has 3 rings (SSSR count). The lowest BCUT2D eigenvalue weighted by atomic mass is 10.1. The van der Waals surface area contributed by atoms with Gasteiger partial charge in [-0.05, 0) is 39.0 Å². The first-order chi connectivity index (χ1) is 11.0. The minimum Gasteiger partial charge on any atom is -0.403 e. The molecule has 2 aromatic heterocycles. The van der Waals surface area contributed by atoms with Crippen molar-refractivity contribution in [2.24, 2.45) is 0 Å². The van der Waals surface area contributed by atoms with E-state index in [2.05, 4.69) is 20.6 Å². The van der Waals surface area contributed by atoms with E-state index in [0.717, 1.165) is 11.1 Å². The third-order valence-corrected chi connectivity index (χ3v) is 3.34. The van der Waals surface area contributed by atoms with Crippen molar-refractivity contribution >= 4 is 11.9 Å². The van der Waals surface area contributed by atoms with E-state index in [1.165, 1.54) is 0 Å². The van der Waals surface area contributed by atoms with E-state index in [0.29, 0.717) is 11.6 Å². The minimum atomic E-state index is -0.338. The summed E-state index contributed by atoms with van der Waals surface area (Å²) in [7, 11) is 0. The number of anilines is 1. The number of benzene rings is 1. The lowest BCUT2D eigenvalue weighted by Crippen LogP contribution is -2.19. The first-order valence-electron chi connectivity index (χ1n) is 7.30. The third-order valence-electron chi connectivity index (χ3n) is 3.34. The van der Waals surface area contributed by atoms with E-state index in [1.54, 1.807) is 16.9 Å². The summed E-state index contributed by atoms with van der Waals surface area (Å²) < 4.78 is 7.13. The molecule has 0 bridgehead atoms. The minimum absolute atomic E-state index is 0.0575. The van der Waals surface area contributed by atoms with Gasteiger partial charge in [0.1, 0.15) is 5.69 Å². The van der Waals surface area contributed by atoms with Gasteiger partial charge in [0.15, 0.2) is 0 Å². The van der Waals surface area contributed by atoms with Crippen LogP contribution in [0.2, 0.25) is 0 Å². The number of rotatable bonds is 4. The lowest BCUT2D eigenvalue weighted by molar-refractivity contribution is 0.101. The van der Waals surface area contributed by atoms with E-state index in [1.807, 2.05) is 45.0 Å². The van der Waals surface area contributed by atoms with Crippen molar-refractivity contribution in [3.8, 4) is 11.5 Å². The van der Waals surface area contributed by atoms with E-state index in [4.69, 9.17) is 4.42 Å². The highest BCUT2D eigenvalue weighted by atomic mass is 16.4. The second-order valence-corrected chi connectivity index (χ2v) is 5.49. The Bertz CT molecular complexity index is 817. The molecule has 0 aliphatic carbocycles. The predicted octanol–water partition coefficient (Wildman–Crippen LogP) is 3.07. The summed E-state index contributed by atoms with van der Waals surface area (Å²) in [5.74, 6) is 0.0213. The van der Waals surface area contributed by atoms with Crippen molar-refractivity contribution in [3.05, 3.63) is 47.8 Å². The number of nitrogens with zero attached hydrogens (tertiary/aromatic N) is 4. The topological polar surface area (TPSA) is 85.8 Å². The third kappa shape index (κ3) is 3.13. The van der Waals surface area contributed by atoms with E-state index >= 15 is 0 Å². The van der Waals surface area contributed by atoms with Crippen molar-refractivity contribution < 1.29 is 9.21 Å². The monoisotopic (exact) mass is 311 g/mol. The molecular formula is C16H17N5O2. The molecule has 0 unspecified atom stereocenters. The number of carbonyl (C=O) groups excluding carboxylic acids is 1. The zero-order valence-corrected chi connectivity index (χ0v) is 13.1. The van der Waals surface area contributed by atoms with Crippen LogP contribution in [0.3, 0.4) is 0 Å². The molecule has 0 spiro atoms. The molecule has 23 heavy (non-hydrogen) atoms. The maximum Gasteiger partial charge on any atom is 0.322 e. The summed E-state index contributed by atoms with van der Waals surface area (Å²) in [6.07, 6.45) is 1.58. The van der Waals surface area contributed by atoms with Gasteiger partial charge in [0, 0.05) is 17.8 Å². The molecular weight excluding hydrogens is 294 g/mol. The molecule has 1 N–H and O–H groups in total. The Balaban J connectivity index is 1.77. The van der Waals surface area contributed by atoms with Crippen LogP contribution < -0.4 is 5.32 Å². The van der Waals surface area contributed by atoms with Crippen LogP contribution in [0.15, 0.2) is 40.9 Å². The number of aryl methyl sites for hydroxylation is 1. The van der Waals surface area contributed by atoms with Gasteiger partial charge < -0.3 is 4.42 Å². The van der Waals surface area contributed by atoms with E-state index in [9.17, 15) is 4.79 Å². The van der Waals surface area contributed by atoms with Gasteiger partial charge in [-0.2, -0.15) is 5.10 Å². The van der Waals surface area contributed by atoms with E-state index < -0.39 is 0 Å². The Labute approximate surface area is 133 Å². The number of carbonyl (C=O) groups is 1. The highest BCUT2D eigenvalue weighted by Crippen LogP contribution is 2.20. The summed E-state index contributed by atoms with van der Waals surface area (Å²) in [5.41, 5.74) is 2.38. The predicted molar refractivity (Wildman–Crippen MR) is 85.0 cm³/mol. The zero-order valence-electron chi connectivity index (χ0n) is 13.1. The molecule has 0 fully saturated rings. The van der Waals surface area contributed by atoms with Gasteiger partial charge in [0.2, 0.25) is 5.89 Å². The highest BCUT2D eigenvalue weighted by Gasteiger charge is 2.17. The maximum absolute atomic E-state index is 12.3. The van der Waals surface area contributed by atoms with Crippen molar-refractivity contribution in [2.75, 3.05) is 5.32 Å². The van der Waals surface area contributed by atoms with Crippen LogP contribution in [0, 0.1) is 6.92 Å². The maximum atomic E-state index is 12.3. The Morgan fingerprint density at radius 2 is 1.91 bits per heavy atom. The molecule has 0 radical (unpaired) electrons. The lowest BCUT2D eigenvalue weighted by Gasteiger charge is -2.09. The second kappa shape index (κ2) is 6.04. The largest absolute Gasteiger partial charge is 0.403 e. The number of hydrogen-bond donors (Lipinski definition) is 1. The molecule has 0 saturated heterocycles. The Kier molecular flexibility index (Phi) is 3.92. The van der Waals surface area contributed by atoms with Crippen molar-refractivity contribution in [2.45, 2.75) is 26.8 Å². The van der Waals surface area contributed by atoms with Crippen molar-refractivity contribution in [3.63, 3.8) is 0 Å². The van der Waals surface area contributed by atoms with Gasteiger partial charge in [-0.1, -0.05) is 22.8 Å². The Hall–Kier alpha value is -2.96. The van der Waals surface area contributed by atoms with Crippen LogP contribution in [-0.4, -0.2) is 25.9 Å². The Morgan fingerprint density at radius 3 is 2.61 bits per heavy atom. The Morgan fingerprint density at radius 1 is 1.17 bits per heavy atom. The summed E-state index contributed by atoms with van der Waals surface area (Å²) in [6, 6.07) is 9.48. The first-order valence-corrected chi connectivity index (χ1v) is 7.30. The average Bonchev–Trinajstić information content (AvgIpc) is 3.16. The molecule has 0 aliphatic heterocycles. The smallest absolute Gasteiger partial charge is 0.322 e. The van der Waals surface area contributed by atoms with Gasteiger partial charge in [-0.25, -0.2) is 0 Å². The quantitative estimate of drug-likeness (QED) is 0.800. The highest BCUT2D eigenvalue weighted by molar-refractivity contribution is 6.01. The van der Waals surface area contributed by atoms with Crippen molar-refractivity contribution in [1.82, 2.24) is 20.0 Å². The number of nitrogens with one attached hydrogen (secondary N) is 1. The fourth-order valence-corrected chi connectivity index (χ4v) is 2.15. The molecule has 1 amide bonds. The molecule has 7 heteroatoms. The molecule has 0 aliphatic rings. The first kappa shape index (κ1) is 15.0. The van der Waals surface area contributed by atoms with Gasteiger partial charge in [0.05, 0.1) is 0 Å². The van der Waals surface area contributed by atoms with Gasteiger partial charge in [-0.15, -0.1) is 5.10 Å². The zero-order chi connectivity index (χ0) is 16.4. The van der Waals surface area contributed by atoms with Crippen LogP contribution in [0.1, 0.15) is 35.9 Å².